The van der Waals surface area contributed by atoms with Crippen LogP contribution < -0.4 is 0 Å². The Morgan fingerprint density at radius 1 is 1.21 bits per heavy atom. The van der Waals surface area contributed by atoms with Gasteiger partial charge in [-0.1, -0.05) is 44.0 Å². The second kappa shape index (κ2) is 11.3. The lowest BCUT2D eigenvalue weighted by molar-refractivity contribution is -0.137. The average molecular weight is 471 g/mol. The number of nitrogens with zero attached hydrogens (tertiary/aromatic N) is 3. The van der Waals surface area contributed by atoms with Crippen molar-refractivity contribution in [2.24, 2.45) is 0 Å². The van der Waals surface area contributed by atoms with Gasteiger partial charge >= 0.3 is 0 Å². The molecule has 24 heavy (non-hydrogen) atoms. The molecule has 0 fully saturated rings. The summed E-state index contributed by atoms with van der Waals surface area (Å²) >= 11 is 6.82. The van der Waals surface area contributed by atoms with Crippen LogP contribution in [0.2, 0.25) is 0 Å². The topological polar surface area (TPSA) is 86.5 Å². The molecule has 0 aliphatic heterocycles. The Balaban J connectivity index is 2.11. The quantitative estimate of drug-likeness (QED) is 0.351. The zero-order valence-electron chi connectivity index (χ0n) is 14.1. The predicted molar refractivity (Wildman–Crippen MR) is 97.5 cm³/mol. The first-order valence-corrected chi connectivity index (χ1v) is 10.1. The summed E-state index contributed by atoms with van der Waals surface area (Å²) in [4.78, 5) is 11.7. The fourth-order valence-electron chi connectivity index (χ4n) is 1.90. The summed E-state index contributed by atoms with van der Waals surface area (Å²) in [7, 11) is 0. The minimum Gasteiger partial charge on any atom is -0.382 e. The molecule has 7 nitrogen and oxygen atoms in total. The Labute approximate surface area is 159 Å². The Morgan fingerprint density at radius 2 is 1.88 bits per heavy atom. The third-order valence-corrected chi connectivity index (χ3v) is 4.82. The molecule has 0 saturated heterocycles. The van der Waals surface area contributed by atoms with Crippen LogP contribution in [-0.4, -0.2) is 57.9 Å². The van der Waals surface area contributed by atoms with Crippen molar-refractivity contribution in [2.75, 3.05) is 26.4 Å². The van der Waals surface area contributed by atoms with Gasteiger partial charge in [0.2, 0.25) is 0 Å². The van der Waals surface area contributed by atoms with Crippen LogP contribution in [0.3, 0.4) is 0 Å². The molecule has 1 aromatic heterocycles. The van der Waals surface area contributed by atoms with Crippen LogP contribution in [0.15, 0.2) is 0 Å². The van der Waals surface area contributed by atoms with Gasteiger partial charge in [-0.25, -0.2) is 4.68 Å². The highest BCUT2D eigenvalue weighted by molar-refractivity contribution is 9.09. The van der Waals surface area contributed by atoms with E-state index in [9.17, 15) is 9.90 Å². The number of alkyl halides is 2. The van der Waals surface area contributed by atoms with Crippen LogP contribution in [0.1, 0.15) is 38.1 Å². The highest BCUT2D eigenvalue weighted by atomic mass is 79.9. The van der Waals surface area contributed by atoms with E-state index in [1.807, 2.05) is 4.68 Å². The number of carbonyl (C=O) groups is 1. The van der Waals surface area contributed by atoms with E-state index in [4.69, 9.17) is 9.47 Å². The largest absolute Gasteiger partial charge is 0.382 e. The van der Waals surface area contributed by atoms with Crippen molar-refractivity contribution in [3.8, 4) is 0 Å². The zero-order chi connectivity index (χ0) is 18.0. The number of ether oxygens (including phenoxy) is 2. The van der Waals surface area contributed by atoms with Crippen molar-refractivity contribution in [1.82, 2.24) is 15.0 Å². The number of Topliss-reactive ketones (excluding diaryl/α,β-unsaturated/α-hetero) is 1. The number of halogens is 2. The smallest absolute Gasteiger partial charge is 0.166 e. The van der Waals surface area contributed by atoms with Gasteiger partial charge in [-0.3, -0.25) is 4.79 Å². The Morgan fingerprint density at radius 3 is 2.46 bits per heavy atom. The van der Waals surface area contributed by atoms with E-state index in [-0.39, 0.29) is 12.2 Å². The highest BCUT2D eigenvalue weighted by Crippen LogP contribution is 2.13. The summed E-state index contributed by atoms with van der Waals surface area (Å²) in [6, 6.07) is 0. The van der Waals surface area contributed by atoms with E-state index in [0.29, 0.717) is 50.1 Å². The van der Waals surface area contributed by atoms with Crippen LogP contribution in [0, 0.1) is 0 Å². The normalized spacial score (nSPS) is 13.9. The molecule has 0 spiro atoms. The van der Waals surface area contributed by atoms with Crippen molar-refractivity contribution in [1.29, 1.82) is 0 Å². The predicted octanol–water partition coefficient (Wildman–Crippen LogP) is 2.22. The Kier molecular flexibility index (Phi) is 10.2. The maximum Gasteiger partial charge on any atom is 0.166 e. The van der Waals surface area contributed by atoms with Crippen molar-refractivity contribution in [3.63, 3.8) is 0 Å². The van der Waals surface area contributed by atoms with Gasteiger partial charge in [0.05, 0.1) is 44.4 Å². The second-order valence-electron chi connectivity index (χ2n) is 5.50. The highest BCUT2D eigenvalue weighted by Gasteiger charge is 2.26. The van der Waals surface area contributed by atoms with Gasteiger partial charge in [0.25, 0.3) is 0 Å². The maximum atomic E-state index is 11.7. The van der Waals surface area contributed by atoms with Gasteiger partial charge in [0.1, 0.15) is 5.60 Å². The second-order valence-corrected chi connectivity index (χ2v) is 6.62. The molecule has 0 aromatic carbocycles. The van der Waals surface area contributed by atoms with E-state index < -0.39 is 5.60 Å². The summed E-state index contributed by atoms with van der Waals surface area (Å²) < 4.78 is 12.7. The molecule has 1 heterocycles. The summed E-state index contributed by atoms with van der Waals surface area (Å²) in [6.07, 6.45) is 0.619. The van der Waals surface area contributed by atoms with Gasteiger partial charge in [-0.05, 0) is 13.3 Å². The minimum atomic E-state index is -1.25. The fraction of sp³-hybridized carbons (Fsp3) is 0.800. The van der Waals surface area contributed by atoms with E-state index in [0.717, 1.165) is 11.4 Å². The molecular weight excluding hydrogens is 446 g/mol. The molecule has 0 amide bonds. The van der Waals surface area contributed by atoms with E-state index >= 15 is 0 Å². The number of aliphatic hydroxyl groups is 1. The van der Waals surface area contributed by atoms with Crippen molar-refractivity contribution >= 4 is 37.6 Å². The first kappa shape index (κ1) is 21.7. The van der Waals surface area contributed by atoms with Gasteiger partial charge in [-0.15, -0.1) is 5.10 Å². The lowest BCUT2D eigenvalue weighted by Gasteiger charge is -2.19. The molecule has 0 aliphatic rings. The van der Waals surface area contributed by atoms with Crippen LogP contribution in [-0.2, 0) is 31.5 Å². The standard InChI is InChI=1S/C15H25Br2N3O4/c1-3-15(2,22)14(21)4-6-23-8-9-24-7-5-20-13(11-17)12(10-16)18-19-20/h22H,3-11H2,1-2H3. The SMILES string of the molecule is CCC(C)(O)C(=O)CCOCCOCCn1nnc(CBr)c1CBr. The molecule has 0 radical (unpaired) electrons. The Hall–Kier alpha value is -0.350. The van der Waals surface area contributed by atoms with Crippen LogP contribution in [0.25, 0.3) is 0 Å². The average Bonchev–Trinajstić information content (AvgIpc) is 2.98. The molecule has 138 valence electrons. The van der Waals surface area contributed by atoms with Gasteiger partial charge in [-0.2, -0.15) is 0 Å². The first-order chi connectivity index (χ1) is 11.5. The lowest BCUT2D eigenvalue weighted by atomic mass is 9.96. The molecular formula is C15H25Br2N3O4. The number of hydrogen-bond acceptors (Lipinski definition) is 6. The fourth-order valence-corrected chi connectivity index (χ4v) is 2.95. The van der Waals surface area contributed by atoms with Crippen molar-refractivity contribution in [3.05, 3.63) is 11.4 Å². The van der Waals surface area contributed by atoms with Gasteiger partial charge in [0, 0.05) is 17.1 Å². The third-order valence-electron chi connectivity index (χ3n) is 3.75. The number of ketones is 1. The summed E-state index contributed by atoms with van der Waals surface area (Å²) in [6.45, 7) is 5.60. The van der Waals surface area contributed by atoms with Crippen molar-refractivity contribution < 1.29 is 19.4 Å². The number of hydrogen-bond donors (Lipinski definition) is 1. The zero-order valence-corrected chi connectivity index (χ0v) is 17.3. The molecule has 1 unspecified atom stereocenters. The van der Waals surface area contributed by atoms with Crippen LogP contribution in [0.4, 0.5) is 0 Å². The van der Waals surface area contributed by atoms with E-state index in [1.165, 1.54) is 6.92 Å². The van der Waals surface area contributed by atoms with E-state index in [1.54, 1.807) is 6.92 Å². The summed E-state index contributed by atoms with van der Waals surface area (Å²) in [5.41, 5.74) is 0.703. The molecule has 1 atom stereocenters. The molecule has 9 heteroatoms. The minimum absolute atomic E-state index is 0.193. The molecule has 1 N–H and O–H groups in total. The number of carbonyl (C=O) groups excluding carboxylic acids is 1. The third kappa shape index (κ3) is 6.87. The first-order valence-electron chi connectivity index (χ1n) is 7.90. The van der Waals surface area contributed by atoms with E-state index in [2.05, 4.69) is 42.2 Å². The van der Waals surface area contributed by atoms with Gasteiger partial charge < -0.3 is 14.6 Å². The summed E-state index contributed by atoms with van der Waals surface area (Å²) in [5.74, 6) is -0.193. The monoisotopic (exact) mass is 469 g/mol. The Bertz CT molecular complexity index is 509. The molecule has 1 aromatic rings. The summed E-state index contributed by atoms with van der Waals surface area (Å²) in [5, 5.41) is 19.3. The molecule has 1 rings (SSSR count). The van der Waals surface area contributed by atoms with Gasteiger partial charge in [0.15, 0.2) is 5.78 Å². The molecule has 0 aliphatic carbocycles. The maximum absolute atomic E-state index is 11.7. The number of aromatic nitrogens is 3. The molecule has 0 bridgehead atoms. The van der Waals surface area contributed by atoms with Crippen LogP contribution in [0.5, 0.6) is 0 Å². The van der Waals surface area contributed by atoms with Crippen molar-refractivity contribution in [2.45, 2.75) is 49.5 Å². The van der Waals surface area contributed by atoms with Crippen LogP contribution >= 0.6 is 31.9 Å². The number of rotatable bonds is 13. The lowest BCUT2D eigenvalue weighted by Crippen LogP contribution is -2.34. The molecule has 0 saturated carbocycles.